The Bertz CT molecular complexity index is 159. The van der Waals surface area contributed by atoms with Gasteiger partial charge in [-0.05, 0) is 0 Å². The summed E-state index contributed by atoms with van der Waals surface area (Å²) >= 11 is 5.31. The van der Waals surface area contributed by atoms with Gasteiger partial charge in [0.1, 0.15) is 5.71 Å². The van der Waals surface area contributed by atoms with Gasteiger partial charge in [0.05, 0.1) is 5.03 Å². The third-order valence-corrected chi connectivity index (χ3v) is 0.965. The lowest BCUT2D eigenvalue weighted by Gasteiger charge is -1.99. The molecule has 0 aromatic rings. The summed E-state index contributed by atoms with van der Waals surface area (Å²) in [5.41, 5.74) is 0.349. The highest BCUT2D eigenvalue weighted by molar-refractivity contribution is 6.56. The van der Waals surface area contributed by atoms with E-state index in [0.29, 0.717) is 17.0 Å². The van der Waals surface area contributed by atoms with E-state index in [2.05, 4.69) is 4.99 Å². The minimum Gasteiger partial charge on any atom is -0.296 e. The van der Waals surface area contributed by atoms with Crippen LogP contribution < -0.4 is 0 Å². The number of carbonyl (C=O) groups is 1. The number of allylic oxidation sites excluding steroid dienone is 1. The lowest BCUT2D eigenvalue weighted by atomic mass is 10.3. The van der Waals surface area contributed by atoms with Crippen LogP contribution in [0.5, 0.6) is 0 Å². The van der Waals surface area contributed by atoms with E-state index >= 15 is 0 Å². The van der Waals surface area contributed by atoms with Gasteiger partial charge < -0.3 is 0 Å². The SMILES string of the molecule is O=CC1=NC=C1Cl. The molecule has 0 atom stereocenters. The Morgan fingerprint density at radius 1 is 1.86 bits per heavy atom. The van der Waals surface area contributed by atoms with Gasteiger partial charge in [-0.1, -0.05) is 11.6 Å². The fourth-order valence-electron chi connectivity index (χ4n) is 0.275. The van der Waals surface area contributed by atoms with Gasteiger partial charge in [0.15, 0.2) is 6.29 Å². The lowest BCUT2D eigenvalue weighted by Crippen LogP contribution is -2.04. The van der Waals surface area contributed by atoms with Gasteiger partial charge in [-0.3, -0.25) is 9.79 Å². The first kappa shape index (κ1) is 4.53. The molecule has 2 nitrogen and oxygen atoms in total. The first-order valence-corrected chi connectivity index (χ1v) is 2.11. The van der Waals surface area contributed by atoms with Gasteiger partial charge in [-0.25, -0.2) is 0 Å². The second-order valence-corrected chi connectivity index (χ2v) is 1.52. The van der Waals surface area contributed by atoms with E-state index in [0.717, 1.165) is 0 Å². The smallest absolute Gasteiger partial charge is 0.170 e. The number of aliphatic imine (C=N–C) groups is 1. The molecule has 1 rings (SSSR count). The zero-order chi connectivity index (χ0) is 5.28. The van der Waals surface area contributed by atoms with Crippen molar-refractivity contribution in [3.05, 3.63) is 11.2 Å². The van der Waals surface area contributed by atoms with Crippen molar-refractivity contribution in [3.8, 4) is 0 Å². The fourth-order valence-corrected chi connectivity index (χ4v) is 0.417. The molecular weight excluding hydrogens is 114 g/mol. The monoisotopic (exact) mass is 115 g/mol. The van der Waals surface area contributed by atoms with Crippen LogP contribution in [0, 0.1) is 0 Å². The highest BCUT2D eigenvalue weighted by Crippen LogP contribution is 2.11. The zero-order valence-electron chi connectivity index (χ0n) is 3.39. The van der Waals surface area contributed by atoms with Gasteiger partial charge >= 0.3 is 0 Å². The normalized spacial score (nSPS) is 16.7. The van der Waals surface area contributed by atoms with Crippen LogP contribution in [0.15, 0.2) is 16.2 Å². The van der Waals surface area contributed by atoms with Crippen molar-refractivity contribution in [1.29, 1.82) is 0 Å². The quantitative estimate of drug-likeness (QED) is 0.463. The van der Waals surface area contributed by atoms with Crippen LogP contribution in [0.1, 0.15) is 0 Å². The molecule has 0 radical (unpaired) electrons. The van der Waals surface area contributed by atoms with Crippen molar-refractivity contribution in [3.63, 3.8) is 0 Å². The Hall–Kier alpha value is -0.630. The molecule has 0 amide bonds. The van der Waals surface area contributed by atoms with Crippen LogP contribution in [0.25, 0.3) is 0 Å². The molecular formula is C4H2ClNO. The molecule has 0 unspecified atom stereocenters. The lowest BCUT2D eigenvalue weighted by molar-refractivity contribution is -0.102. The maximum atomic E-state index is 9.74. The van der Waals surface area contributed by atoms with Crippen LogP contribution >= 0.6 is 11.6 Å². The van der Waals surface area contributed by atoms with Crippen molar-refractivity contribution in [2.75, 3.05) is 0 Å². The molecule has 0 fully saturated rings. The van der Waals surface area contributed by atoms with E-state index in [1.807, 2.05) is 0 Å². The topological polar surface area (TPSA) is 29.4 Å². The second-order valence-electron chi connectivity index (χ2n) is 1.11. The molecule has 1 aliphatic rings. The van der Waals surface area contributed by atoms with E-state index in [1.54, 1.807) is 0 Å². The summed E-state index contributed by atoms with van der Waals surface area (Å²) in [6.45, 7) is 0. The molecule has 0 aliphatic carbocycles. The Kier molecular flexibility index (Phi) is 0.947. The Balaban J connectivity index is 2.63. The highest BCUT2D eigenvalue weighted by Gasteiger charge is 2.07. The van der Waals surface area contributed by atoms with Gasteiger partial charge in [0, 0.05) is 6.20 Å². The van der Waals surface area contributed by atoms with Crippen LogP contribution in [0.3, 0.4) is 0 Å². The summed E-state index contributed by atoms with van der Waals surface area (Å²) in [6.07, 6.45) is 2.06. The fraction of sp³-hybridized carbons (Fsp3) is 0. The molecule has 0 spiro atoms. The van der Waals surface area contributed by atoms with E-state index < -0.39 is 0 Å². The third-order valence-electron chi connectivity index (χ3n) is 0.673. The summed E-state index contributed by atoms with van der Waals surface area (Å²) in [5, 5.41) is 0.454. The maximum Gasteiger partial charge on any atom is 0.170 e. The summed E-state index contributed by atoms with van der Waals surface area (Å²) < 4.78 is 0. The number of hydrogen-bond donors (Lipinski definition) is 0. The van der Waals surface area contributed by atoms with Crippen molar-refractivity contribution in [1.82, 2.24) is 0 Å². The Labute approximate surface area is 45.5 Å². The number of rotatable bonds is 1. The molecule has 0 bridgehead atoms. The molecule has 0 saturated carbocycles. The molecule has 36 valence electrons. The van der Waals surface area contributed by atoms with E-state index in [4.69, 9.17) is 11.6 Å². The predicted molar refractivity (Wildman–Crippen MR) is 27.4 cm³/mol. The molecule has 7 heavy (non-hydrogen) atoms. The average Bonchev–Trinajstić information content (AvgIpc) is 1.65. The highest BCUT2D eigenvalue weighted by atomic mass is 35.5. The standard InChI is InChI=1S/C4H2ClNO/c5-3-1-6-4(3)2-7/h1-2H. The number of carbonyl (C=O) groups excluding carboxylic acids is 1. The van der Waals surface area contributed by atoms with E-state index in [9.17, 15) is 4.79 Å². The first-order valence-electron chi connectivity index (χ1n) is 1.73. The number of nitrogens with zero attached hydrogens (tertiary/aromatic N) is 1. The Morgan fingerprint density at radius 3 is 2.57 bits per heavy atom. The summed E-state index contributed by atoms with van der Waals surface area (Å²) in [4.78, 5) is 13.3. The van der Waals surface area contributed by atoms with Crippen LogP contribution in [-0.2, 0) is 4.79 Å². The van der Waals surface area contributed by atoms with E-state index in [-0.39, 0.29) is 0 Å². The van der Waals surface area contributed by atoms with Crippen molar-refractivity contribution in [2.45, 2.75) is 0 Å². The van der Waals surface area contributed by atoms with Crippen molar-refractivity contribution < 1.29 is 4.79 Å². The minimum atomic E-state index is 0.349. The van der Waals surface area contributed by atoms with Gasteiger partial charge in [-0.15, -0.1) is 0 Å². The first-order chi connectivity index (χ1) is 3.34. The molecule has 0 saturated heterocycles. The molecule has 1 aliphatic heterocycles. The van der Waals surface area contributed by atoms with Gasteiger partial charge in [-0.2, -0.15) is 0 Å². The minimum absolute atomic E-state index is 0.349. The number of hydrogen-bond acceptors (Lipinski definition) is 2. The zero-order valence-corrected chi connectivity index (χ0v) is 4.14. The molecule has 0 aromatic heterocycles. The maximum absolute atomic E-state index is 9.74. The summed E-state index contributed by atoms with van der Waals surface area (Å²) in [5.74, 6) is 0. The van der Waals surface area contributed by atoms with Crippen LogP contribution in [0.2, 0.25) is 0 Å². The molecule has 3 heteroatoms. The molecule has 0 aromatic carbocycles. The number of halogens is 1. The van der Waals surface area contributed by atoms with Gasteiger partial charge in [0.2, 0.25) is 0 Å². The Morgan fingerprint density at radius 2 is 2.57 bits per heavy atom. The number of aldehydes is 1. The average molecular weight is 116 g/mol. The predicted octanol–water partition coefficient (Wildman–Crippen LogP) is 0.720. The second kappa shape index (κ2) is 1.46. The molecule has 1 heterocycles. The third kappa shape index (κ3) is 0.567. The summed E-state index contributed by atoms with van der Waals surface area (Å²) in [7, 11) is 0. The van der Waals surface area contributed by atoms with Crippen molar-refractivity contribution in [2.24, 2.45) is 4.99 Å². The molecule has 0 N–H and O–H groups in total. The van der Waals surface area contributed by atoms with Crippen LogP contribution in [0.4, 0.5) is 0 Å². The van der Waals surface area contributed by atoms with E-state index in [1.165, 1.54) is 6.20 Å². The largest absolute Gasteiger partial charge is 0.296 e. The summed E-state index contributed by atoms with van der Waals surface area (Å²) in [6, 6.07) is 0. The van der Waals surface area contributed by atoms with Crippen molar-refractivity contribution >= 4 is 23.6 Å². The van der Waals surface area contributed by atoms with Gasteiger partial charge in [0.25, 0.3) is 0 Å². The van der Waals surface area contributed by atoms with Crippen LogP contribution in [-0.4, -0.2) is 12.0 Å².